The van der Waals surface area contributed by atoms with Crippen LogP contribution in [0.15, 0.2) is 24.3 Å². The fourth-order valence-corrected chi connectivity index (χ4v) is 3.35. The Kier molecular flexibility index (Phi) is 3.64. The van der Waals surface area contributed by atoms with Crippen LogP contribution in [0.25, 0.3) is 0 Å². The molecule has 1 heterocycles. The molecule has 1 N–H and O–H groups in total. The van der Waals surface area contributed by atoms with Gasteiger partial charge in [-0.2, -0.15) is 0 Å². The van der Waals surface area contributed by atoms with E-state index in [1.807, 2.05) is 0 Å². The molecule has 0 unspecified atom stereocenters. The van der Waals surface area contributed by atoms with Gasteiger partial charge in [0.25, 0.3) is 0 Å². The van der Waals surface area contributed by atoms with E-state index in [9.17, 15) is 5.11 Å². The number of nitrogens with zero attached hydrogens (tertiary/aromatic N) is 1. The van der Waals surface area contributed by atoms with E-state index >= 15 is 0 Å². The Hall–Kier alpha value is -0.860. The van der Waals surface area contributed by atoms with Gasteiger partial charge in [0.2, 0.25) is 0 Å². The molecule has 0 radical (unpaired) electrons. The molecule has 0 amide bonds. The minimum Gasteiger partial charge on any atom is -0.385 e. The SMILES string of the molecule is CCN1CCC(O)(c2cccc(C3CCC3)c2)CC1. The second-order valence-corrected chi connectivity index (χ2v) is 6.22. The fourth-order valence-electron chi connectivity index (χ4n) is 3.35. The number of benzene rings is 1. The van der Waals surface area contributed by atoms with Crippen LogP contribution in [0.3, 0.4) is 0 Å². The van der Waals surface area contributed by atoms with Crippen LogP contribution in [0, 0.1) is 0 Å². The maximum atomic E-state index is 10.9. The number of likely N-dealkylation sites (tertiary alicyclic amines) is 1. The lowest BCUT2D eigenvalue weighted by Crippen LogP contribution is -2.42. The van der Waals surface area contributed by atoms with Gasteiger partial charge in [-0.05, 0) is 49.3 Å². The summed E-state index contributed by atoms with van der Waals surface area (Å²) in [6.07, 6.45) is 5.76. The minimum atomic E-state index is -0.592. The monoisotopic (exact) mass is 259 g/mol. The van der Waals surface area contributed by atoms with E-state index in [4.69, 9.17) is 0 Å². The molecule has 1 aliphatic carbocycles. The molecular formula is C17H25NO. The van der Waals surface area contributed by atoms with Gasteiger partial charge in [-0.1, -0.05) is 37.6 Å². The van der Waals surface area contributed by atoms with E-state index in [-0.39, 0.29) is 0 Å². The maximum Gasteiger partial charge on any atom is 0.0921 e. The Morgan fingerprint density at radius 2 is 2.00 bits per heavy atom. The summed E-state index contributed by atoms with van der Waals surface area (Å²) in [7, 11) is 0. The molecule has 3 rings (SSSR count). The van der Waals surface area contributed by atoms with Crippen LogP contribution in [0.4, 0.5) is 0 Å². The maximum absolute atomic E-state index is 10.9. The quantitative estimate of drug-likeness (QED) is 0.900. The molecule has 1 aromatic rings. The lowest BCUT2D eigenvalue weighted by atomic mass is 9.77. The molecule has 2 nitrogen and oxygen atoms in total. The molecule has 0 atom stereocenters. The standard InChI is InChI=1S/C17H25NO/c1-2-18-11-9-17(19,10-12-18)16-8-4-7-15(13-16)14-5-3-6-14/h4,7-8,13-14,19H,2-3,5-6,9-12H2,1H3. The summed E-state index contributed by atoms with van der Waals surface area (Å²) in [5.74, 6) is 0.749. The zero-order chi connectivity index (χ0) is 13.3. The van der Waals surface area contributed by atoms with Crippen molar-refractivity contribution < 1.29 is 5.11 Å². The van der Waals surface area contributed by atoms with E-state index < -0.39 is 5.60 Å². The van der Waals surface area contributed by atoms with E-state index in [1.54, 1.807) is 0 Å². The highest BCUT2D eigenvalue weighted by Crippen LogP contribution is 2.39. The van der Waals surface area contributed by atoms with Crippen LogP contribution in [-0.4, -0.2) is 29.6 Å². The number of hydrogen-bond donors (Lipinski definition) is 1. The fraction of sp³-hybridized carbons (Fsp3) is 0.647. The summed E-state index contributed by atoms with van der Waals surface area (Å²) in [6, 6.07) is 8.75. The predicted molar refractivity (Wildman–Crippen MR) is 78.3 cm³/mol. The average Bonchev–Trinajstić information content (AvgIpc) is 2.38. The van der Waals surface area contributed by atoms with Crippen LogP contribution in [0.1, 0.15) is 56.1 Å². The summed E-state index contributed by atoms with van der Waals surface area (Å²) >= 11 is 0. The first-order valence-corrected chi connectivity index (χ1v) is 7.76. The Labute approximate surface area is 116 Å². The van der Waals surface area contributed by atoms with Gasteiger partial charge < -0.3 is 10.0 Å². The highest BCUT2D eigenvalue weighted by molar-refractivity contribution is 5.31. The molecule has 1 saturated carbocycles. The highest BCUT2D eigenvalue weighted by atomic mass is 16.3. The second-order valence-electron chi connectivity index (χ2n) is 6.22. The molecular weight excluding hydrogens is 234 g/mol. The largest absolute Gasteiger partial charge is 0.385 e. The number of piperidine rings is 1. The van der Waals surface area contributed by atoms with Gasteiger partial charge in [-0.15, -0.1) is 0 Å². The van der Waals surface area contributed by atoms with E-state index in [0.29, 0.717) is 0 Å². The topological polar surface area (TPSA) is 23.5 Å². The third-order valence-corrected chi connectivity index (χ3v) is 5.13. The Bertz CT molecular complexity index is 431. The van der Waals surface area contributed by atoms with Gasteiger partial charge in [-0.25, -0.2) is 0 Å². The molecule has 1 aliphatic heterocycles. The zero-order valence-electron chi connectivity index (χ0n) is 11.9. The first-order valence-electron chi connectivity index (χ1n) is 7.76. The van der Waals surface area contributed by atoms with Crippen LogP contribution in [0.5, 0.6) is 0 Å². The summed E-state index contributed by atoms with van der Waals surface area (Å²) in [4.78, 5) is 2.42. The zero-order valence-corrected chi connectivity index (χ0v) is 11.9. The number of hydrogen-bond acceptors (Lipinski definition) is 2. The van der Waals surface area contributed by atoms with Crippen molar-refractivity contribution in [1.82, 2.24) is 4.90 Å². The van der Waals surface area contributed by atoms with E-state index in [2.05, 4.69) is 36.1 Å². The van der Waals surface area contributed by atoms with Crippen LogP contribution in [-0.2, 0) is 5.60 Å². The Morgan fingerprint density at radius 1 is 1.26 bits per heavy atom. The van der Waals surface area contributed by atoms with Crippen molar-refractivity contribution in [3.05, 3.63) is 35.4 Å². The summed E-state index contributed by atoms with van der Waals surface area (Å²) in [5, 5.41) is 10.9. The van der Waals surface area contributed by atoms with Crippen molar-refractivity contribution in [2.45, 2.75) is 50.5 Å². The molecule has 1 aromatic carbocycles. The summed E-state index contributed by atoms with van der Waals surface area (Å²) in [5.41, 5.74) is 1.99. The highest BCUT2D eigenvalue weighted by Gasteiger charge is 2.34. The third-order valence-electron chi connectivity index (χ3n) is 5.13. The predicted octanol–water partition coefficient (Wildman–Crippen LogP) is 3.26. The number of rotatable bonds is 3. The molecule has 2 fully saturated rings. The first-order chi connectivity index (χ1) is 9.21. The molecule has 1 saturated heterocycles. The van der Waals surface area contributed by atoms with Crippen LogP contribution in [0.2, 0.25) is 0 Å². The minimum absolute atomic E-state index is 0.592. The second kappa shape index (κ2) is 5.26. The smallest absolute Gasteiger partial charge is 0.0921 e. The summed E-state index contributed by atoms with van der Waals surface area (Å²) in [6.45, 7) is 5.32. The van der Waals surface area contributed by atoms with Gasteiger partial charge in [0.1, 0.15) is 0 Å². The molecule has 19 heavy (non-hydrogen) atoms. The van der Waals surface area contributed by atoms with E-state index in [0.717, 1.165) is 44.0 Å². The average molecular weight is 259 g/mol. The van der Waals surface area contributed by atoms with Gasteiger partial charge in [0, 0.05) is 13.1 Å². The van der Waals surface area contributed by atoms with Crippen LogP contribution >= 0.6 is 0 Å². The molecule has 2 heteroatoms. The van der Waals surface area contributed by atoms with Gasteiger partial charge >= 0.3 is 0 Å². The van der Waals surface area contributed by atoms with Gasteiger partial charge in [-0.3, -0.25) is 0 Å². The van der Waals surface area contributed by atoms with Crippen molar-refractivity contribution in [2.75, 3.05) is 19.6 Å². The molecule has 104 valence electrons. The Morgan fingerprint density at radius 3 is 2.58 bits per heavy atom. The molecule has 2 aliphatic rings. The third kappa shape index (κ3) is 2.56. The number of aliphatic hydroxyl groups is 1. The molecule has 0 spiro atoms. The van der Waals surface area contributed by atoms with Crippen molar-refractivity contribution in [3.8, 4) is 0 Å². The van der Waals surface area contributed by atoms with Gasteiger partial charge in [0.15, 0.2) is 0 Å². The lowest BCUT2D eigenvalue weighted by molar-refractivity contribution is -0.0247. The van der Waals surface area contributed by atoms with E-state index in [1.165, 1.54) is 24.8 Å². The van der Waals surface area contributed by atoms with Crippen molar-refractivity contribution in [3.63, 3.8) is 0 Å². The Balaban J connectivity index is 1.77. The summed E-state index contributed by atoms with van der Waals surface area (Å²) < 4.78 is 0. The molecule has 0 aromatic heterocycles. The molecule has 0 bridgehead atoms. The lowest BCUT2D eigenvalue weighted by Gasteiger charge is -2.38. The van der Waals surface area contributed by atoms with Crippen LogP contribution < -0.4 is 0 Å². The first kappa shape index (κ1) is 13.1. The van der Waals surface area contributed by atoms with Crippen molar-refractivity contribution in [1.29, 1.82) is 0 Å². The van der Waals surface area contributed by atoms with Gasteiger partial charge in [0.05, 0.1) is 5.60 Å². The van der Waals surface area contributed by atoms with Crippen molar-refractivity contribution in [2.24, 2.45) is 0 Å². The normalized spacial score (nSPS) is 24.1. The van der Waals surface area contributed by atoms with Crippen molar-refractivity contribution >= 4 is 0 Å².